The van der Waals surface area contributed by atoms with E-state index in [-0.39, 0.29) is 25.4 Å². The van der Waals surface area contributed by atoms with Crippen molar-refractivity contribution < 1.29 is 19.8 Å². The standard InChI is InChI=1S/C20H39NO4/c1-2-3-4-5-6-7-8-9-10-11-12-13-16-21(17-18-22)19(23)14-15-20(24)25/h22H,2-18H2,1H3,(H,24,25). The van der Waals surface area contributed by atoms with Gasteiger partial charge in [-0.15, -0.1) is 0 Å². The molecule has 0 aliphatic carbocycles. The van der Waals surface area contributed by atoms with Gasteiger partial charge in [-0.25, -0.2) is 0 Å². The Morgan fingerprint density at radius 3 is 1.64 bits per heavy atom. The summed E-state index contributed by atoms with van der Waals surface area (Å²) in [4.78, 5) is 24.1. The van der Waals surface area contributed by atoms with E-state index in [1.54, 1.807) is 4.90 Å². The van der Waals surface area contributed by atoms with Crippen molar-refractivity contribution in [2.24, 2.45) is 0 Å². The van der Waals surface area contributed by atoms with Crippen LogP contribution in [0.25, 0.3) is 0 Å². The normalized spacial score (nSPS) is 10.8. The number of hydrogen-bond acceptors (Lipinski definition) is 3. The van der Waals surface area contributed by atoms with Crippen molar-refractivity contribution >= 4 is 11.9 Å². The first-order valence-corrected chi connectivity index (χ1v) is 10.2. The maximum absolute atomic E-state index is 11.9. The molecule has 0 aliphatic heterocycles. The molecule has 0 fully saturated rings. The summed E-state index contributed by atoms with van der Waals surface area (Å²) in [5.41, 5.74) is 0. The number of aliphatic hydroxyl groups excluding tert-OH is 1. The lowest BCUT2D eigenvalue weighted by atomic mass is 10.1. The molecule has 0 aromatic carbocycles. The molecular formula is C20H39NO4. The first-order chi connectivity index (χ1) is 12.1. The molecule has 0 rings (SSSR count). The average Bonchev–Trinajstić information content (AvgIpc) is 2.59. The molecule has 0 atom stereocenters. The van der Waals surface area contributed by atoms with Crippen molar-refractivity contribution in [3.63, 3.8) is 0 Å². The Bertz CT molecular complexity index is 334. The Hall–Kier alpha value is -1.10. The molecule has 0 aliphatic rings. The van der Waals surface area contributed by atoms with Crippen molar-refractivity contribution in [2.75, 3.05) is 19.7 Å². The van der Waals surface area contributed by atoms with E-state index < -0.39 is 5.97 Å². The van der Waals surface area contributed by atoms with Gasteiger partial charge in [-0.05, 0) is 6.42 Å². The monoisotopic (exact) mass is 357 g/mol. The molecule has 148 valence electrons. The quantitative estimate of drug-likeness (QED) is 0.357. The van der Waals surface area contributed by atoms with E-state index in [9.17, 15) is 9.59 Å². The van der Waals surface area contributed by atoms with Gasteiger partial charge >= 0.3 is 5.97 Å². The van der Waals surface area contributed by atoms with Gasteiger partial charge in [0, 0.05) is 19.5 Å². The second kappa shape index (κ2) is 17.7. The molecule has 5 heteroatoms. The predicted octanol–water partition coefficient (Wildman–Crippen LogP) is 4.37. The van der Waals surface area contributed by atoms with Gasteiger partial charge in [-0.1, -0.05) is 77.6 Å². The summed E-state index contributed by atoms with van der Waals surface area (Å²) in [6.45, 7) is 3.10. The maximum Gasteiger partial charge on any atom is 0.303 e. The van der Waals surface area contributed by atoms with Crippen molar-refractivity contribution in [3.8, 4) is 0 Å². The highest BCUT2D eigenvalue weighted by Crippen LogP contribution is 2.12. The fourth-order valence-electron chi connectivity index (χ4n) is 3.00. The second-order valence-corrected chi connectivity index (χ2v) is 6.89. The molecule has 0 radical (unpaired) electrons. The Kier molecular flexibility index (Phi) is 16.9. The highest BCUT2D eigenvalue weighted by Gasteiger charge is 2.13. The molecular weight excluding hydrogens is 318 g/mol. The molecule has 0 spiro atoms. The van der Waals surface area contributed by atoms with Crippen LogP contribution in [0, 0.1) is 0 Å². The zero-order chi connectivity index (χ0) is 18.8. The molecule has 0 aromatic heterocycles. The predicted molar refractivity (Wildman–Crippen MR) is 102 cm³/mol. The minimum absolute atomic E-state index is 0.0214. The van der Waals surface area contributed by atoms with Crippen molar-refractivity contribution in [3.05, 3.63) is 0 Å². The summed E-state index contributed by atoms with van der Waals surface area (Å²) in [7, 11) is 0. The molecule has 2 N–H and O–H groups in total. The zero-order valence-corrected chi connectivity index (χ0v) is 16.2. The number of aliphatic hydroxyl groups is 1. The number of carboxylic acid groups (broad SMARTS) is 1. The molecule has 0 unspecified atom stereocenters. The number of carbonyl (C=O) groups is 2. The minimum Gasteiger partial charge on any atom is -0.481 e. The van der Waals surface area contributed by atoms with Crippen LogP contribution in [0.1, 0.15) is 96.8 Å². The van der Waals surface area contributed by atoms with E-state index in [1.807, 2.05) is 0 Å². The fraction of sp³-hybridized carbons (Fsp3) is 0.900. The second-order valence-electron chi connectivity index (χ2n) is 6.89. The molecule has 1 amide bonds. The van der Waals surface area contributed by atoms with Gasteiger partial charge in [-0.2, -0.15) is 0 Å². The van der Waals surface area contributed by atoms with Gasteiger partial charge in [0.25, 0.3) is 0 Å². The highest BCUT2D eigenvalue weighted by atomic mass is 16.4. The van der Waals surface area contributed by atoms with E-state index in [0.717, 1.165) is 12.8 Å². The van der Waals surface area contributed by atoms with E-state index in [0.29, 0.717) is 13.1 Å². The maximum atomic E-state index is 11.9. The molecule has 25 heavy (non-hydrogen) atoms. The molecule has 0 saturated carbocycles. The number of hydrogen-bond donors (Lipinski definition) is 2. The molecule has 0 bridgehead atoms. The molecule has 0 saturated heterocycles. The van der Waals surface area contributed by atoms with Crippen LogP contribution in [0.15, 0.2) is 0 Å². The van der Waals surface area contributed by atoms with Crippen LogP contribution < -0.4 is 0 Å². The lowest BCUT2D eigenvalue weighted by Gasteiger charge is -2.21. The fourth-order valence-corrected chi connectivity index (χ4v) is 3.00. The van der Waals surface area contributed by atoms with Gasteiger partial charge < -0.3 is 15.1 Å². The first kappa shape index (κ1) is 23.9. The van der Waals surface area contributed by atoms with Gasteiger partial charge in [0.05, 0.1) is 13.0 Å². The Labute approximate surface area is 153 Å². The number of carboxylic acids is 1. The number of amides is 1. The average molecular weight is 358 g/mol. The summed E-state index contributed by atoms with van der Waals surface area (Å²) in [6.07, 6.45) is 15.1. The summed E-state index contributed by atoms with van der Waals surface area (Å²) in [5.74, 6) is -1.12. The number of aliphatic carboxylic acids is 1. The zero-order valence-electron chi connectivity index (χ0n) is 16.2. The lowest BCUT2D eigenvalue weighted by molar-refractivity contribution is -0.141. The van der Waals surface area contributed by atoms with Crippen molar-refractivity contribution in [2.45, 2.75) is 96.8 Å². The lowest BCUT2D eigenvalue weighted by Crippen LogP contribution is -2.34. The van der Waals surface area contributed by atoms with Gasteiger partial charge in [0.15, 0.2) is 0 Å². The van der Waals surface area contributed by atoms with Crippen LogP contribution in [0.5, 0.6) is 0 Å². The van der Waals surface area contributed by atoms with Crippen LogP contribution in [0.3, 0.4) is 0 Å². The Morgan fingerprint density at radius 1 is 0.720 bits per heavy atom. The third-order valence-electron chi connectivity index (χ3n) is 4.56. The van der Waals surface area contributed by atoms with E-state index in [1.165, 1.54) is 64.2 Å². The Balaban J connectivity index is 3.56. The van der Waals surface area contributed by atoms with Crippen molar-refractivity contribution in [1.29, 1.82) is 0 Å². The topological polar surface area (TPSA) is 77.8 Å². The van der Waals surface area contributed by atoms with E-state index >= 15 is 0 Å². The number of nitrogens with zero attached hydrogens (tertiary/aromatic N) is 1. The number of rotatable bonds is 18. The molecule has 0 heterocycles. The first-order valence-electron chi connectivity index (χ1n) is 10.2. The summed E-state index contributed by atoms with van der Waals surface area (Å²) >= 11 is 0. The van der Waals surface area contributed by atoms with Crippen LogP contribution >= 0.6 is 0 Å². The number of unbranched alkanes of at least 4 members (excludes halogenated alkanes) is 11. The van der Waals surface area contributed by atoms with Gasteiger partial charge in [0.1, 0.15) is 0 Å². The molecule has 0 aromatic rings. The van der Waals surface area contributed by atoms with Gasteiger partial charge in [-0.3, -0.25) is 9.59 Å². The SMILES string of the molecule is CCCCCCCCCCCCCCN(CCO)C(=O)CCC(=O)O. The highest BCUT2D eigenvalue weighted by molar-refractivity contribution is 5.80. The minimum atomic E-state index is -0.956. The largest absolute Gasteiger partial charge is 0.481 e. The van der Waals surface area contributed by atoms with Crippen LogP contribution in [-0.2, 0) is 9.59 Å². The van der Waals surface area contributed by atoms with Crippen LogP contribution in [0.4, 0.5) is 0 Å². The van der Waals surface area contributed by atoms with Crippen LogP contribution in [-0.4, -0.2) is 46.7 Å². The van der Waals surface area contributed by atoms with E-state index in [2.05, 4.69) is 6.92 Å². The summed E-state index contributed by atoms with van der Waals surface area (Å²) in [6, 6.07) is 0. The smallest absolute Gasteiger partial charge is 0.303 e. The molecule has 5 nitrogen and oxygen atoms in total. The van der Waals surface area contributed by atoms with Gasteiger partial charge in [0.2, 0.25) is 5.91 Å². The third-order valence-corrected chi connectivity index (χ3v) is 4.56. The Morgan fingerprint density at radius 2 is 1.20 bits per heavy atom. The van der Waals surface area contributed by atoms with Crippen LogP contribution in [0.2, 0.25) is 0 Å². The third kappa shape index (κ3) is 16.1. The number of carbonyl (C=O) groups excluding carboxylic acids is 1. The summed E-state index contributed by atoms with van der Waals surface area (Å²) < 4.78 is 0. The van der Waals surface area contributed by atoms with Crippen molar-refractivity contribution in [1.82, 2.24) is 4.90 Å². The summed E-state index contributed by atoms with van der Waals surface area (Å²) in [5, 5.41) is 17.7. The van der Waals surface area contributed by atoms with E-state index in [4.69, 9.17) is 10.2 Å².